The number of aliphatic imine (C=N–C) groups is 1. The van der Waals surface area contributed by atoms with E-state index in [4.69, 9.17) is 28.4 Å². The maximum absolute atomic E-state index is 14.6. The third-order valence-electron chi connectivity index (χ3n) is 13.4. The molecule has 0 spiro atoms. The quantitative estimate of drug-likeness (QED) is 0.207. The maximum Gasteiger partial charge on any atom is 0.312 e. The van der Waals surface area contributed by atoms with Crippen LogP contribution in [0.3, 0.4) is 0 Å². The molecule has 0 aliphatic carbocycles. The number of fused-ring (bicyclic) bond motifs is 5. The van der Waals surface area contributed by atoms with Crippen molar-refractivity contribution in [1.29, 1.82) is 0 Å². The van der Waals surface area contributed by atoms with Crippen LogP contribution in [0.25, 0.3) is 0 Å². The second kappa shape index (κ2) is 22.5. The summed E-state index contributed by atoms with van der Waals surface area (Å²) >= 11 is 0. The molecule has 2 bridgehead atoms. The number of hydrogen-bond acceptors (Lipinski definition) is 13. The van der Waals surface area contributed by atoms with Gasteiger partial charge in [-0.2, -0.15) is 0 Å². The van der Waals surface area contributed by atoms with Crippen molar-refractivity contribution in [1.82, 2.24) is 9.88 Å². The Bertz CT molecular complexity index is 1910. The van der Waals surface area contributed by atoms with Gasteiger partial charge in [-0.15, -0.1) is 0 Å². The molecule has 1 aromatic heterocycles. The molecule has 2 N–H and O–H groups in total. The highest BCUT2D eigenvalue weighted by Crippen LogP contribution is 2.42. The van der Waals surface area contributed by atoms with Crippen molar-refractivity contribution in [3.05, 3.63) is 77.6 Å². The minimum atomic E-state index is -1.80. The number of aromatic nitrogens is 1. The molecule has 0 radical (unpaired) electrons. The van der Waals surface area contributed by atoms with Gasteiger partial charge >= 0.3 is 11.9 Å². The first kappa shape index (κ1) is 51.1. The van der Waals surface area contributed by atoms with Crippen molar-refractivity contribution >= 4 is 23.6 Å². The van der Waals surface area contributed by atoms with E-state index in [0.29, 0.717) is 24.2 Å². The maximum atomic E-state index is 14.6. The van der Waals surface area contributed by atoms with Gasteiger partial charge in [0, 0.05) is 36.7 Å². The van der Waals surface area contributed by atoms with Crippen LogP contribution in [-0.4, -0.2) is 131 Å². The van der Waals surface area contributed by atoms with E-state index in [1.54, 1.807) is 38.2 Å². The lowest BCUT2D eigenvalue weighted by molar-refractivity contribution is -0.303. The van der Waals surface area contributed by atoms with Crippen molar-refractivity contribution in [3.8, 4) is 0 Å². The normalized spacial score (nSPS) is 37.0. The first-order valence-electron chi connectivity index (χ1n) is 23.0. The second-order valence-electron chi connectivity index (χ2n) is 19.0. The fraction of sp³-hybridized carbons (Fsp3) is 0.660. The largest absolute Gasteiger partial charge is 0.461 e. The molecule has 4 heterocycles. The average Bonchev–Trinajstić information content (AvgIpc) is 3.26. The Labute approximate surface area is 380 Å². The highest BCUT2D eigenvalue weighted by Gasteiger charge is 2.54. The zero-order valence-electron chi connectivity index (χ0n) is 39.8. The van der Waals surface area contributed by atoms with E-state index in [9.17, 15) is 24.6 Å². The van der Waals surface area contributed by atoms with Gasteiger partial charge in [0.05, 0.1) is 55.2 Å². The van der Waals surface area contributed by atoms with Crippen LogP contribution >= 0.6 is 0 Å². The molecule has 3 fully saturated rings. The molecule has 3 aliphatic rings. The van der Waals surface area contributed by atoms with E-state index >= 15 is 0 Å². The predicted octanol–water partition coefficient (Wildman–Crippen LogP) is 6.09. The molecule has 0 saturated carbocycles. The monoisotopic (exact) mass is 892 g/mol. The fourth-order valence-corrected chi connectivity index (χ4v) is 9.97. The zero-order valence-corrected chi connectivity index (χ0v) is 39.8. The molecule has 14 nitrogen and oxygen atoms in total. The number of benzene rings is 1. The number of carbonyl (C=O) groups is 3. The number of esters is 2. The molecule has 1 amide bonds. The minimum Gasteiger partial charge on any atom is -0.461 e. The van der Waals surface area contributed by atoms with Crippen LogP contribution in [0.2, 0.25) is 0 Å². The zero-order chi connectivity index (χ0) is 46.9. The minimum absolute atomic E-state index is 0.0415. The van der Waals surface area contributed by atoms with Gasteiger partial charge in [0.2, 0.25) is 5.91 Å². The Morgan fingerprint density at radius 2 is 1.72 bits per heavy atom. The van der Waals surface area contributed by atoms with E-state index in [0.717, 1.165) is 12.0 Å². The fourth-order valence-electron chi connectivity index (χ4n) is 9.97. The standard InChI is InChI=1S/C50H73N3O11/c1-12-40-50(9,58)46-32(4)42(52-35(7)54)30(2)27-49(8,60-29-37(28-59-46)22-18-21-36-19-14-13-15-20-36)45(64-48-43(56)39(53(10)11)25-31(3)61-48)33(5)44(34(6)47(57)62-40)63-41(55)26-38-23-16-17-24-51-38/h13-17,19-20,22-24,30-34,39-40,43-46,48,56,58H,12,18,21,25-29H2,1-11H3/b37-22-,52-42?/t30-,31-,32+,33+,34-,39+,40-,43-,44+,45-,46-,48+,49-,50-/m1/s1. The number of rotatable bonds is 10. The number of aryl methyl sites for hydroxylation is 1. The lowest BCUT2D eigenvalue weighted by Gasteiger charge is -2.49. The summed E-state index contributed by atoms with van der Waals surface area (Å²) in [4.78, 5) is 52.4. The summed E-state index contributed by atoms with van der Waals surface area (Å²) in [5.41, 5.74) is -0.190. The number of allylic oxidation sites excluding steroid dienone is 1. The highest BCUT2D eigenvalue weighted by molar-refractivity contribution is 5.97. The number of ether oxygens (including phenoxy) is 6. The summed E-state index contributed by atoms with van der Waals surface area (Å²) in [5, 5.41) is 24.6. The molecule has 1 aromatic carbocycles. The van der Waals surface area contributed by atoms with Crippen LogP contribution in [0, 0.1) is 23.7 Å². The van der Waals surface area contributed by atoms with Crippen molar-refractivity contribution in [2.75, 3.05) is 27.3 Å². The smallest absolute Gasteiger partial charge is 0.312 e. The van der Waals surface area contributed by atoms with Crippen LogP contribution in [-0.2, 0) is 55.6 Å². The van der Waals surface area contributed by atoms with Crippen molar-refractivity contribution in [2.24, 2.45) is 28.7 Å². The molecule has 64 heavy (non-hydrogen) atoms. The molecule has 2 aromatic rings. The average molecular weight is 892 g/mol. The van der Waals surface area contributed by atoms with Gasteiger partial charge < -0.3 is 43.5 Å². The molecular formula is C50H73N3O11. The number of likely N-dealkylation sites (N-methyl/N-ethyl adjacent to an activating group) is 1. The van der Waals surface area contributed by atoms with Crippen molar-refractivity contribution in [2.45, 2.75) is 161 Å². The van der Waals surface area contributed by atoms with Gasteiger partial charge in [-0.1, -0.05) is 70.2 Å². The molecule has 354 valence electrons. The predicted molar refractivity (Wildman–Crippen MR) is 242 cm³/mol. The summed E-state index contributed by atoms with van der Waals surface area (Å²) in [6.45, 7) is 16.0. The Hall–Kier alpha value is -3.89. The van der Waals surface area contributed by atoms with Crippen LogP contribution in [0.1, 0.15) is 99.3 Å². The van der Waals surface area contributed by atoms with Gasteiger partial charge in [0.1, 0.15) is 23.9 Å². The van der Waals surface area contributed by atoms with Gasteiger partial charge in [-0.3, -0.25) is 19.4 Å². The van der Waals surface area contributed by atoms with Crippen LogP contribution < -0.4 is 0 Å². The summed E-state index contributed by atoms with van der Waals surface area (Å²) in [6, 6.07) is 15.1. The molecule has 14 atom stereocenters. The van der Waals surface area contributed by atoms with Crippen LogP contribution in [0.15, 0.2) is 71.4 Å². The first-order chi connectivity index (χ1) is 30.2. The number of hydrogen-bond donors (Lipinski definition) is 2. The first-order valence-corrected chi connectivity index (χ1v) is 23.0. The second-order valence-corrected chi connectivity index (χ2v) is 19.0. The Balaban J connectivity index is 1.74. The van der Waals surface area contributed by atoms with E-state index in [1.165, 1.54) is 12.5 Å². The molecule has 3 aliphatic heterocycles. The number of pyridine rings is 1. The van der Waals surface area contributed by atoms with Crippen LogP contribution in [0.4, 0.5) is 0 Å². The number of nitrogens with zero attached hydrogens (tertiary/aromatic N) is 3. The summed E-state index contributed by atoms with van der Waals surface area (Å²) in [5.74, 6) is -4.81. The third-order valence-corrected chi connectivity index (χ3v) is 13.4. The van der Waals surface area contributed by atoms with Crippen molar-refractivity contribution in [3.63, 3.8) is 0 Å². The summed E-state index contributed by atoms with van der Waals surface area (Å²) < 4.78 is 40.1. The Morgan fingerprint density at radius 3 is 2.36 bits per heavy atom. The molecular weight excluding hydrogens is 819 g/mol. The number of aliphatic hydroxyl groups is 2. The SMILES string of the molecule is CC[C@H]1OC(=O)[C@H](C)[C@@H](OC(=O)Cc2ccccn2)[C@H](C)[C@@H](O[C@@H]2O[C@H](C)C[C@H](N(C)C)[C@H]2O)[C@@]2(C)C[C@@H](C)C(=NC(C)=O)[C@H](C)[C@@H](OC/C(=C/CCc3ccccc3)CO2)[C@]1(C)O. The molecule has 3 saturated heterocycles. The van der Waals surface area contributed by atoms with E-state index in [-0.39, 0.29) is 44.6 Å². The molecule has 5 rings (SSSR count). The number of amides is 1. The highest BCUT2D eigenvalue weighted by atomic mass is 16.7. The molecule has 14 heteroatoms. The molecule has 0 unspecified atom stereocenters. The number of cyclic esters (lactones) is 1. The number of carbonyl (C=O) groups excluding carboxylic acids is 3. The van der Waals surface area contributed by atoms with E-state index in [1.807, 2.05) is 78.7 Å². The number of aliphatic hydroxyl groups excluding tert-OH is 1. The summed E-state index contributed by atoms with van der Waals surface area (Å²) in [6.07, 6.45) is -0.941. The Kier molecular flexibility index (Phi) is 18.0. The van der Waals surface area contributed by atoms with E-state index < -0.39 is 89.5 Å². The van der Waals surface area contributed by atoms with Gasteiger partial charge in [-0.05, 0) is 103 Å². The topological polar surface area (TPSA) is 176 Å². The summed E-state index contributed by atoms with van der Waals surface area (Å²) in [7, 11) is 3.79. The van der Waals surface area contributed by atoms with Gasteiger partial charge in [0.15, 0.2) is 6.29 Å². The lowest BCUT2D eigenvalue weighted by Crippen LogP contribution is -2.61. The lowest BCUT2D eigenvalue weighted by atomic mass is 9.73. The van der Waals surface area contributed by atoms with Gasteiger partial charge in [0.25, 0.3) is 0 Å². The van der Waals surface area contributed by atoms with E-state index in [2.05, 4.69) is 28.2 Å². The van der Waals surface area contributed by atoms with Gasteiger partial charge in [-0.25, -0.2) is 4.99 Å². The third kappa shape index (κ3) is 12.7. The van der Waals surface area contributed by atoms with Crippen LogP contribution in [0.5, 0.6) is 0 Å². The Morgan fingerprint density at radius 1 is 1.02 bits per heavy atom. The van der Waals surface area contributed by atoms with Crippen molar-refractivity contribution < 1.29 is 53.0 Å².